The van der Waals surface area contributed by atoms with Crippen molar-refractivity contribution in [1.82, 2.24) is 5.32 Å². The van der Waals surface area contributed by atoms with E-state index in [-0.39, 0.29) is 23.3 Å². The van der Waals surface area contributed by atoms with Gasteiger partial charge in [-0.1, -0.05) is 0 Å². The van der Waals surface area contributed by atoms with Gasteiger partial charge in [-0.15, -0.1) is 0 Å². The van der Waals surface area contributed by atoms with E-state index in [0.29, 0.717) is 0 Å². The van der Waals surface area contributed by atoms with E-state index in [9.17, 15) is 18.0 Å². The molecule has 0 aliphatic rings. The number of nitrogens with two attached hydrogens (primary N) is 1. The number of hydrogen-bond donors (Lipinski definition) is 3. The maximum atomic E-state index is 13.4. The predicted molar refractivity (Wildman–Crippen MR) is 73.8 cm³/mol. The average Bonchev–Trinajstić information content (AvgIpc) is 2.33. The molecule has 1 aromatic carbocycles. The number of rotatable bonds is 6. The van der Waals surface area contributed by atoms with Crippen molar-refractivity contribution >= 4 is 17.3 Å². The molecule has 1 unspecified atom stereocenters. The van der Waals surface area contributed by atoms with Crippen LogP contribution in [0.25, 0.3) is 0 Å². The lowest BCUT2D eigenvalue weighted by Crippen LogP contribution is -2.41. The Balaban J connectivity index is 2.89. The minimum atomic E-state index is -3.15. The van der Waals surface area contributed by atoms with E-state index in [1.165, 1.54) is 0 Å². The SMILES string of the molecule is CC(C)NC(=O)C(C)Nc1cc(OC(F)F)c(F)cc1N. The number of hydrogen-bond acceptors (Lipinski definition) is 4. The molecular weight excluding hydrogens is 287 g/mol. The summed E-state index contributed by atoms with van der Waals surface area (Å²) in [6, 6.07) is 1.12. The molecule has 118 valence electrons. The first-order chi connectivity index (χ1) is 9.70. The predicted octanol–water partition coefficient (Wildman–Crippen LogP) is 2.33. The van der Waals surface area contributed by atoms with Gasteiger partial charge < -0.3 is 21.1 Å². The standard InChI is InChI=1S/C13H18F3N3O2/c1-6(2)18-12(20)7(3)19-10-5-11(21-13(15)16)8(14)4-9(10)17/h4-7,13,19H,17H2,1-3H3,(H,18,20). The Kier molecular flexibility index (Phi) is 5.69. The second-order valence-electron chi connectivity index (χ2n) is 4.78. The third-order valence-corrected chi connectivity index (χ3v) is 2.52. The zero-order valence-electron chi connectivity index (χ0n) is 11.9. The second kappa shape index (κ2) is 7.05. The molecule has 0 radical (unpaired) electrons. The number of carbonyl (C=O) groups excluding carboxylic acids is 1. The minimum absolute atomic E-state index is 0.0155. The lowest BCUT2D eigenvalue weighted by Gasteiger charge is -2.19. The van der Waals surface area contributed by atoms with Gasteiger partial charge in [-0.3, -0.25) is 4.79 Å². The molecule has 0 aromatic heterocycles. The summed E-state index contributed by atoms with van der Waals surface area (Å²) in [7, 11) is 0. The van der Waals surface area contributed by atoms with E-state index in [2.05, 4.69) is 15.4 Å². The largest absolute Gasteiger partial charge is 0.432 e. The molecule has 0 aliphatic carbocycles. The summed E-state index contributed by atoms with van der Waals surface area (Å²) >= 11 is 0. The maximum Gasteiger partial charge on any atom is 0.387 e. The number of nitrogen functional groups attached to an aromatic ring is 1. The molecule has 1 aromatic rings. The van der Waals surface area contributed by atoms with Crippen molar-refractivity contribution in [1.29, 1.82) is 0 Å². The van der Waals surface area contributed by atoms with Crippen molar-refractivity contribution in [2.45, 2.75) is 39.5 Å². The molecule has 0 spiro atoms. The Bertz CT molecular complexity index is 510. The highest BCUT2D eigenvalue weighted by Crippen LogP contribution is 2.29. The molecule has 0 bridgehead atoms. The topological polar surface area (TPSA) is 76.4 Å². The molecule has 1 amide bonds. The van der Waals surface area contributed by atoms with Gasteiger partial charge in [0.15, 0.2) is 11.6 Å². The number of ether oxygens (including phenoxy) is 1. The smallest absolute Gasteiger partial charge is 0.387 e. The highest BCUT2D eigenvalue weighted by Gasteiger charge is 2.17. The van der Waals surface area contributed by atoms with Crippen molar-refractivity contribution in [3.63, 3.8) is 0 Å². The van der Waals surface area contributed by atoms with Crippen molar-refractivity contribution < 1.29 is 22.7 Å². The normalized spacial score (nSPS) is 12.4. The average molecular weight is 305 g/mol. The molecule has 4 N–H and O–H groups in total. The van der Waals surface area contributed by atoms with Crippen LogP contribution >= 0.6 is 0 Å². The molecule has 21 heavy (non-hydrogen) atoms. The fourth-order valence-corrected chi connectivity index (χ4v) is 1.59. The first-order valence-corrected chi connectivity index (χ1v) is 6.31. The number of alkyl halides is 2. The van der Waals surface area contributed by atoms with Gasteiger partial charge >= 0.3 is 6.61 Å². The van der Waals surface area contributed by atoms with Gasteiger partial charge in [-0.25, -0.2) is 4.39 Å². The fraction of sp³-hybridized carbons (Fsp3) is 0.462. The Hall–Kier alpha value is -2.12. The number of amides is 1. The van der Waals surface area contributed by atoms with E-state index in [1.807, 2.05) is 0 Å². The van der Waals surface area contributed by atoms with Crippen molar-refractivity contribution in [3.05, 3.63) is 17.9 Å². The van der Waals surface area contributed by atoms with Crippen LogP contribution in [-0.4, -0.2) is 24.6 Å². The fourth-order valence-electron chi connectivity index (χ4n) is 1.59. The molecular formula is C13H18F3N3O2. The summed E-state index contributed by atoms with van der Waals surface area (Å²) in [5.74, 6) is -1.94. The lowest BCUT2D eigenvalue weighted by molar-refractivity contribution is -0.122. The Labute approximate surface area is 120 Å². The summed E-state index contributed by atoms with van der Waals surface area (Å²) in [5.41, 5.74) is 5.72. The zero-order valence-corrected chi connectivity index (χ0v) is 11.9. The van der Waals surface area contributed by atoms with Gasteiger partial charge in [-0.05, 0) is 20.8 Å². The first kappa shape index (κ1) is 16.9. The number of halogens is 3. The van der Waals surface area contributed by atoms with E-state index in [1.54, 1.807) is 20.8 Å². The van der Waals surface area contributed by atoms with Crippen LogP contribution < -0.4 is 21.1 Å². The van der Waals surface area contributed by atoms with Crippen LogP contribution in [0.2, 0.25) is 0 Å². The summed E-state index contributed by atoms with van der Waals surface area (Å²) in [4.78, 5) is 11.8. The Morgan fingerprint density at radius 2 is 1.90 bits per heavy atom. The first-order valence-electron chi connectivity index (χ1n) is 6.31. The van der Waals surface area contributed by atoms with Gasteiger partial charge in [0.05, 0.1) is 11.4 Å². The molecule has 0 saturated carbocycles. The van der Waals surface area contributed by atoms with E-state index in [4.69, 9.17) is 5.73 Å². The van der Waals surface area contributed by atoms with Gasteiger partial charge in [0, 0.05) is 18.2 Å². The van der Waals surface area contributed by atoms with Crippen LogP contribution in [0.4, 0.5) is 24.5 Å². The van der Waals surface area contributed by atoms with Crippen molar-refractivity contribution in [2.24, 2.45) is 0 Å². The van der Waals surface area contributed by atoms with Gasteiger partial charge in [0.1, 0.15) is 6.04 Å². The third-order valence-electron chi connectivity index (χ3n) is 2.52. The molecule has 0 heterocycles. The highest BCUT2D eigenvalue weighted by molar-refractivity contribution is 5.85. The van der Waals surface area contributed by atoms with Crippen LogP contribution in [0.3, 0.4) is 0 Å². The van der Waals surface area contributed by atoms with Crippen LogP contribution in [0.1, 0.15) is 20.8 Å². The number of carbonyl (C=O) groups is 1. The van der Waals surface area contributed by atoms with Crippen LogP contribution in [0.15, 0.2) is 12.1 Å². The van der Waals surface area contributed by atoms with E-state index >= 15 is 0 Å². The lowest BCUT2D eigenvalue weighted by atomic mass is 10.2. The van der Waals surface area contributed by atoms with Crippen LogP contribution in [0, 0.1) is 5.82 Å². The van der Waals surface area contributed by atoms with Crippen LogP contribution in [0.5, 0.6) is 5.75 Å². The van der Waals surface area contributed by atoms with Gasteiger partial charge in [-0.2, -0.15) is 8.78 Å². The van der Waals surface area contributed by atoms with E-state index < -0.39 is 24.2 Å². The molecule has 8 heteroatoms. The second-order valence-corrected chi connectivity index (χ2v) is 4.78. The van der Waals surface area contributed by atoms with Gasteiger partial charge in [0.2, 0.25) is 5.91 Å². The number of nitrogens with one attached hydrogen (secondary N) is 2. The molecule has 1 atom stereocenters. The highest BCUT2D eigenvalue weighted by atomic mass is 19.3. The number of benzene rings is 1. The maximum absolute atomic E-state index is 13.4. The quantitative estimate of drug-likeness (QED) is 0.705. The van der Waals surface area contributed by atoms with E-state index in [0.717, 1.165) is 12.1 Å². The molecule has 0 aliphatic heterocycles. The third kappa shape index (κ3) is 5.05. The summed E-state index contributed by atoms with van der Waals surface area (Å²) in [5, 5.41) is 5.40. The van der Waals surface area contributed by atoms with Crippen molar-refractivity contribution in [3.8, 4) is 5.75 Å². The Morgan fingerprint density at radius 1 is 1.29 bits per heavy atom. The molecule has 0 saturated heterocycles. The van der Waals surface area contributed by atoms with Gasteiger partial charge in [0.25, 0.3) is 0 Å². The summed E-state index contributed by atoms with van der Waals surface area (Å²) in [6.45, 7) is 2.00. The molecule has 1 rings (SSSR count). The zero-order chi connectivity index (χ0) is 16.2. The summed E-state index contributed by atoms with van der Waals surface area (Å²) < 4.78 is 41.8. The monoisotopic (exact) mass is 305 g/mol. The molecule has 0 fully saturated rings. The van der Waals surface area contributed by atoms with Crippen LogP contribution in [-0.2, 0) is 4.79 Å². The summed E-state index contributed by atoms with van der Waals surface area (Å²) in [6.07, 6.45) is 0. The minimum Gasteiger partial charge on any atom is -0.432 e. The molecule has 5 nitrogen and oxygen atoms in total. The number of anilines is 2. The Morgan fingerprint density at radius 3 is 2.43 bits per heavy atom. The van der Waals surface area contributed by atoms with Crippen molar-refractivity contribution in [2.75, 3.05) is 11.1 Å².